The fraction of sp³-hybridized carbons (Fsp3) is 0.529. The molecule has 0 N–H and O–H groups in total. The van der Waals surface area contributed by atoms with Crippen molar-refractivity contribution < 1.29 is 9.59 Å². The molecular formula is C17H24N2O2. The van der Waals surface area contributed by atoms with Crippen molar-refractivity contribution in [3.8, 4) is 0 Å². The van der Waals surface area contributed by atoms with Gasteiger partial charge in [-0.25, -0.2) is 0 Å². The minimum Gasteiger partial charge on any atom is -0.339 e. The van der Waals surface area contributed by atoms with Crippen molar-refractivity contribution in [1.82, 2.24) is 9.80 Å². The predicted molar refractivity (Wildman–Crippen MR) is 82.8 cm³/mol. The average Bonchev–Trinajstić information content (AvgIpc) is 2.47. The summed E-state index contributed by atoms with van der Waals surface area (Å²) in [6, 6.07) is 9.80. The second-order valence-electron chi connectivity index (χ2n) is 6.02. The van der Waals surface area contributed by atoms with E-state index in [0.717, 1.165) is 5.56 Å². The molecule has 0 aromatic heterocycles. The van der Waals surface area contributed by atoms with E-state index in [0.29, 0.717) is 44.9 Å². The highest BCUT2D eigenvalue weighted by Gasteiger charge is 2.24. The molecule has 1 aliphatic rings. The molecule has 1 saturated heterocycles. The summed E-state index contributed by atoms with van der Waals surface area (Å²) in [6.07, 6.45) is 1.04. The maximum Gasteiger partial charge on any atom is 0.227 e. The van der Waals surface area contributed by atoms with E-state index < -0.39 is 0 Å². The van der Waals surface area contributed by atoms with E-state index in [9.17, 15) is 9.59 Å². The van der Waals surface area contributed by atoms with Gasteiger partial charge in [-0.05, 0) is 11.5 Å². The van der Waals surface area contributed by atoms with Gasteiger partial charge in [-0.3, -0.25) is 9.59 Å². The molecule has 2 amide bonds. The summed E-state index contributed by atoms with van der Waals surface area (Å²) >= 11 is 0. The van der Waals surface area contributed by atoms with Crippen LogP contribution in [0.5, 0.6) is 0 Å². The molecule has 4 heteroatoms. The first-order valence-corrected chi connectivity index (χ1v) is 7.65. The summed E-state index contributed by atoms with van der Waals surface area (Å²) in [5, 5.41) is 0. The molecule has 0 bridgehead atoms. The van der Waals surface area contributed by atoms with Gasteiger partial charge in [0.25, 0.3) is 0 Å². The number of hydrogen-bond acceptors (Lipinski definition) is 2. The third-order valence-corrected chi connectivity index (χ3v) is 3.77. The Balaban J connectivity index is 1.81. The second kappa shape index (κ2) is 7.25. The maximum atomic E-state index is 12.2. The van der Waals surface area contributed by atoms with Gasteiger partial charge < -0.3 is 9.80 Å². The van der Waals surface area contributed by atoms with Gasteiger partial charge >= 0.3 is 0 Å². The quantitative estimate of drug-likeness (QED) is 0.849. The summed E-state index contributed by atoms with van der Waals surface area (Å²) in [7, 11) is 0. The Kier molecular flexibility index (Phi) is 5.37. The van der Waals surface area contributed by atoms with E-state index in [1.807, 2.05) is 40.1 Å². The second-order valence-corrected chi connectivity index (χ2v) is 6.02. The van der Waals surface area contributed by atoms with Crippen LogP contribution in [0.4, 0.5) is 0 Å². The van der Waals surface area contributed by atoms with Crippen molar-refractivity contribution in [2.45, 2.75) is 26.7 Å². The third kappa shape index (κ3) is 4.59. The number of hydrogen-bond donors (Lipinski definition) is 0. The van der Waals surface area contributed by atoms with Crippen LogP contribution >= 0.6 is 0 Å². The van der Waals surface area contributed by atoms with E-state index in [4.69, 9.17) is 0 Å². The molecule has 2 rings (SSSR count). The number of rotatable bonds is 4. The summed E-state index contributed by atoms with van der Waals surface area (Å²) in [4.78, 5) is 28.0. The average molecular weight is 288 g/mol. The van der Waals surface area contributed by atoms with Gasteiger partial charge in [0.15, 0.2) is 0 Å². The summed E-state index contributed by atoms with van der Waals surface area (Å²) in [5.74, 6) is 0.743. The SMILES string of the molecule is CC(C)CC(=O)N1CCN(C(=O)Cc2ccccc2)CC1. The largest absolute Gasteiger partial charge is 0.339 e. The standard InChI is InChI=1S/C17H24N2O2/c1-14(2)12-16(20)18-8-10-19(11-9-18)17(21)13-15-6-4-3-5-7-15/h3-7,14H,8-13H2,1-2H3. The number of benzene rings is 1. The van der Waals surface area contributed by atoms with Crippen LogP contribution in [0.15, 0.2) is 30.3 Å². The van der Waals surface area contributed by atoms with Crippen LogP contribution in [0.25, 0.3) is 0 Å². The molecule has 0 spiro atoms. The normalized spacial score (nSPS) is 15.4. The maximum absolute atomic E-state index is 12.2. The Morgan fingerprint density at radius 1 is 0.952 bits per heavy atom. The molecule has 0 unspecified atom stereocenters. The molecule has 4 nitrogen and oxygen atoms in total. The van der Waals surface area contributed by atoms with E-state index in [1.165, 1.54) is 0 Å². The van der Waals surface area contributed by atoms with Crippen molar-refractivity contribution in [3.05, 3.63) is 35.9 Å². The number of carbonyl (C=O) groups is 2. The van der Waals surface area contributed by atoms with Crippen LogP contribution in [0.1, 0.15) is 25.8 Å². The molecular weight excluding hydrogens is 264 g/mol. The highest BCUT2D eigenvalue weighted by molar-refractivity contribution is 5.80. The Hall–Kier alpha value is -1.84. The zero-order chi connectivity index (χ0) is 15.2. The Morgan fingerprint density at radius 2 is 1.48 bits per heavy atom. The lowest BCUT2D eigenvalue weighted by atomic mass is 10.1. The smallest absolute Gasteiger partial charge is 0.227 e. The first kappa shape index (κ1) is 15.5. The number of nitrogens with zero attached hydrogens (tertiary/aromatic N) is 2. The summed E-state index contributed by atoms with van der Waals surface area (Å²) in [5.41, 5.74) is 1.04. The van der Waals surface area contributed by atoms with Crippen molar-refractivity contribution in [2.75, 3.05) is 26.2 Å². The van der Waals surface area contributed by atoms with Gasteiger partial charge in [-0.15, -0.1) is 0 Å². The third-order valence-electron chi connectivity index (χ3n) is 3.77. The lowest BCUT2D eigenvalue weighted by Gasteiger charge is -2.35. The lowest BCUT2D eigenvalue weighted by Crippen LogP contribution is -2.51. The van der Waals surface area contributed by atoms with Gasteiger partial charge in [0.05, 0.1) is 6.42 Å². The van der Waals surface area contributed by atoms with Crippen molar-refractivity contribution >= 4 is 11.8 Å². The molecule has 21 heavy (non-hydrogen) atoms. The summed E-state index contributed by atoms with van der Waals surface area (Å²) in [6.45, 7) is 6.72. The molecule has 114 valence electrons. The molecule has 1 fully saturated rings. The fourth-order valence-corrected chi connectivity index (χ4v) is 2.57. The minimum absolute atomic E-state index is 0.150. The molecule has 1 aromatic rings. The minimum atomic E-state index is 0.150. The van der Waals surface area contributed by atoms with Crippen molar-refractivity contribution in [1.29, 1.82) is 0 Å². The Labute approximate surface area is 126 Å². The first-order valence-electron chi connectivity index (χ1n) is 7.65. The summed E-state index contributed by atoms with van der Waals surface area (Å²) < 4.78 is 0. The fourth-order valence-electron chi connectivity index (χ4n) is 2.57. The molecule has 1 aliphatic heterocycles. The Bertz CT molecular complexity index is 477. The highest BCUT2D eigenvalue weighted by Crippen LogP contribution is 2.10. The monoisotopic (exact) mass is 288 g/mol. The topological polar surface area (TPSA) is 40.6 Å². The van der Waals surface area contributed by atoms with Gasteiger partial charge in [0, 0.05) is 32.6 Å². The van der Waals surface area contributed by atoms with Gasteiger partial charge in [0.2, 0.25) is 11.8 Å². The molecule has 0 aliphatic carbocycles. The highest BCUT2D eigenvalue weighted by atomic mass is 16.2. The van der Waals surface area contributed by atoms with Crippen molar-refractivity contribution in [3.63, 3.8) is 0 Å². The molecule has 0 radical (unpaired) electrons. The zero-order valence-electron chi connectivity index (χ0n) is 12.9. The van der Waals surface area contributed by atoms with Crippen LogP contribution in [0.2, 0.25) is 0 Å². The van der Waals surface area contributed by atoms with E-state index >= 15 is 0 Å². The van der Waals surface area contributed by atoms with Crippen LogP contribution in [-0.4, -0.2) is 47.8 Å². The van der Waals surface area contributed by atoms with E-state index in [1.54, 1.807) is 0 Å². The molecule has 0 saturated carbocycles. The van der Waals surface area contributed by atoms with Crippen LogP contribution in [-0.2, 0) is 16.0 Å². The van der Waals surface area contributed by atoms with Gasteiger partial charge in [0.1, 0.15) is 0 Å². The van der Waals surface area contributed by atoms with Crippen LogP contribution in [0, 0.1) is 5.92 Å². The molecule has 1 heterocycles. The first-order chi connectivity index (χ1) is 10.1. The van der Waals surface area contributed by atoms with E-state index in [-0.39, 0.29) is 11.8 Å². The van der Waals surface area contributed by atoms with Crippen molar-refractivity contribution in [2.24, 2.45) is 5.92 Å². The zero-order valence-corrected chi connectivity index (χ0v) is 12.9. The predicted octanol–water partition coefficient (Wildman–Crippen LogP) is 1.95. The number of carbonyl (C=O) groups excluding carboxylic acids is 2. The molecule has 1 aromatic carbocycles. The molecule has 0 atom stereocenters. The number of amides is 2. The lowest BCUT2D eigenvalue weighted by molar-refractivity contribution is -0.139. The van der Waals surface area contributed by atoms with Gasteiger partial charge in [-0.2, -0.15) is 0 Å². The Morgan fingerprint density at radius 3 is 2.00 bits per heavy atom. The van der Waals surface area contributed by atoms with Gasteiger partial charge in [-0.1, -0.05) is 44.2 Å². The number of piperazine rings is 1. The van der Waals surface area contributed by atoms with Crippen LogP contribution in [0.3, 0.4) is 0 Å². The van der Waals surface area contributed by atoms with Crippen LogP contribution < -0.4 is 0 Å². The van der Waals surface area contributed by atoms with E-state index in [2.05, 4.69) is 13.8 Å².